The summed E-state index contributed by atoms with van der Waals surface area (Å²) < 4.78 is 0. The molecule has 2 N–H and O–H groups in total. The summed E-state index contributed by atoms with van der Waals surface area (Å²) in [6.45, 7) is 1.74. The van der Waals surface area contributed by atoms with Gasteiger partial charge in [-0.2, -0.15) is 11.8 Å². The van der Waals surface area contributed by atoms with E-state index in [0.29, 0.717) is 5.75 Å². The molecule has 0 rings (SSSR count). The van der Waals surface area contributed by atoms with Crippen LogP contribution in [0.1, 0.15) is 6.42 Å². The van der Waals surface area contributed by atoms with E-state index < -0.39 is 0 Å². The molecule has 3 nitrogen and oxygen atoms in total. The highest BCUT2D eigenvalue weighted by atomic mass is 32.2. The van der Waals surface area contributed by atoms with Crippen molar-refractivity contribution in [2.45, 2.75) is 6.42 Å². The van der Waals surface area contributed by atoms with Gasteiger partial charge in [-0.3, -0.25) is 4.79 Å². The monoisotopic (exact) mass is 176 g/mol. The van der Waals surface area contributed by atoms with Gasteiger partial charge in [0.15, 0.2) is 0 Å². The zero-order valence-corrected chi connectivity index (χ0v) is 7.96. The maximum absolute atomic E-state index is 10.9. The van der Waals surface area contributed by atoms with Crippen molar-refractivity contribution in [2.75, 3.05) is 32.1 Å². The average Bonchev–Trinajstić information content (AvgIpc) is 1.99. The van der Waals surface area contributed by atoms with Crippen molar-refractivity contribution in [2.24, 2.45) is 0 Å². The van der Waals surface area contributed by atoms with Crippen molar-refractivity contribution in [3.63, 3.8) is 0 Å². The molecule has 4 heteroatoms. The number of rotatable bonds is 6. The summed E-state index contributed by atoms with van der Waals surface area (Å²) in [6.07, 6.45) is 2.92. The molecule has 0 saturated heterocycles. The standard InChI is InChI=1S/C7H16N2OS/c1-8-4-3-5-9-7(10)6-11-2/h8H,3-6H2,1-2H3,(H,9,10). The predicted octanol–water partition coefficient (Wildman–Crippen LogP) is 0.0751. The Morgan fingerprint density at radius 3 is 2.73 bits per heavy atom. The molecule has 0 aliphatic carbocycles. The van der Waals surface area contributed by atoms with Gasteiger partial charge in [0, 0.05) is 6.54 Å². The van der Waals surface area contributed by atoms with Gasteiger partial charge in [-0.25, -0.2) is 0 Å². The third kappa shape index (κ3) is 7.68. The summed E-state index contributed by atoms with van der Waals surface area (Å²) >= 11 is 1.55. The van der Waals surface area contributed by atoms with Crippen LogP contribution in [0.25, 0.3) is 0 Å². The molecule has 0 bridgehead atoms. The highest BCUT2D eigenvalue weighted by molar-refractivity contribution is 7.99. The molecule has 0 saturated carbocycles. The maximum Gasteiger partial charge on any atom is 0.229 e. The van der Waals surface area contributed by atoms with Crippen molar-refractivity contribution in [3.8, 4) is 0 Å². The van der Waals surface area contributed by atoms with Gasteiger partial charge in [0.25, 0.3) is 0 Å². The maximum atomic E-state index is 10.9. The molecule has 0 aromatic heterocycles. The predicted molar refractivity (Wildman–Crippen MR) is 49.9 cm³/mol. The van der Waals surface area contributed by atoms with E-state index in [4.69, 9.17) is 0 Å². The third-order valence-electron chi connectivity index (χ3n) is 1.20. The number of nitrogens with one attached hydrogen (secondary N) is 2. The second-order valence-electron chi connectivity index (χ2n) is 2.24. The second kappa shape index (κ2) is 7.88. The van der Waals surface area contributed by atoms with E-state index in [1.54, 1.807) is 11.8 Å². The molecular formula is C7H16N2OS. The lowest BCUT2D eigenvalue weighted by molar-refractivity contribution is -0.118. The fraction of sp³-hybridized carbons (Fsp3) is 0.857. The van der Waals surface area contributed by atoms with Gasteiger partial charge in [0.2, 0.25) is 5.91 Å². The molecule has 0 radical (unpaired) electrons. The molecule has 0 fully saturated rings. The van der Waals surface area contributed by atoms with Gasteiger partial charge < -0.3 is 10.6 Å². The van der Waals surface area contributed by atoms with Crippen LogP contribution in [-0.2, 0) is 4.79 Å². The first-order chi connectivity index (χ1) is 5.31. The Morgan fingerprint density at radius 1 is 1.45 bits per heavy atom. The van der Waals surface area contributed by atoms with Crippen LogP contribution in [0.3, 0.4) is 0 Å². The lowest BCUT2D eigenvalue weighted by Gasteiger charge is -2.02. The summed E-state index contributed by atoms with van der Waals surface area (Å²) in [7, 11) is 1.91. The Kier molecular flexibility index (Phi) is 7.72. The molecule has 0 unspecified atom stereocenters. The Morgan fingerprint density at radius 2 is 2.18 bits per heavy atom. The minimum Gasteiger partial charge on any atom is -0.355 e. The Balaban J connectivity index is 3.04. The van der Waals surface area contributed by atoms with E-state index >= 15 is 0 Å². The first-order valence-corrected chi connectivity index (χ1v) is 5.11. The van der Waals surface area contributed by atoms with Crippen LogP contribution in [0, 0.1) is 0 Å². The van der Waals surface area contributed by atoms with E-state index in [-0.39, 0.29) is 5.91 Å². The van der Waals surface area contributed by atoms with Gasteiger partial charge in [-0.1, -0.05) is 0 Å². The number of carbonyl (C=O) groups is 1. The summed E-state index contributed by atoms with van der Waals surface area (Å²) in [5, 5.41) is 5.84. The molecule has 0 atom stereocenters. The summed E-state index contributed by atoms with van der Waals surface area (Å²) in [5.74, 6) is 0.702. The lowest BCUT2D eigenvalue weighted by atomic mass is 10.4. The van der Waals surface area contributed by atoms with Crippen LogP contribution in [0.4, 0.5) is 0 Å². The number of hydrogen-bond acceptors (Lipinski definition) is 3. The van der Waals surface area contributed by atoms with Crippen molar-refractivity contribution in [1.29, 1.82) is 0 Å². The molecule has 0 aliphatic heterocycles. The van der Waals surface area contributed by atoms with Gasteiger partial charge in [-0.05, 0) is 26.3 Å². The zero-order valence-electron chi connectivity index (χ0n) is 7.14. The van der Waals surface area contributed by atoms with E-state index in [9.17, 15) is 4.79 Å². The summed E-state index contributed by atoms with van der Waals surface area (Å²) in [5.41, 5.74) is 0. The van der Waals surface area contributed by atoms with E-state index in [1.165, 1.54) is 0 Å². The van der Waals surface area contributed by atoms with Crippen molar-refractivity contribution >= 4 is 17.7 Å². The smallest absolute Gasteiger partial charge is 0.229 e. The zero-order chi connectivity index (χ0) is 8.53. The first-order valence-electron chi connectivity index (χ1n) is 3.71. The minimum absolute atomic E-state index is 0.133. The van der Waals surface area contributed by atoms with Gasteiger partial charge >= 0.3 is 0 Å². The number of carbonyl (C=O) groups excluding carboxylic acids is 1. The molecule has 11 heavy (non-hydrogen) atoms. The molecule has 0 heterocycles. The Bertz CT molecular complexity index is 109. The number of amides is 1. The van der Waals surface area contributed by atoms with Crippen LogP contribution in [-0.4, -0.2) is 38.1 Å². The van der Waals surface area contributed by atoms with Crippen molar-refractivity contribution in [1.82, 2.24) is 10.6 Å². The number of hydrogen-bond donors (Lipinski definition) is 2. The molecule has 0 spiro atoms. The topological polar surface area (TPSA) is 41.1 Å². The minimum atomic E-state index is 0.133. The van der Waals surface area contributed by atoms with Crippen LogP contribution in [0.5, 0.6) is 0 Å². The lowest BCUT2D eigenvalue weighted by Crippen LogP contribution is -2.27. The SMILES string of the molecule is CNCCCNC(=O)CSC. The first kappa shape index (κ1) is 10.8. The average molecular weight is 176 g/mol. The fourth-order valence-corrected chi connectivity index (χ4v) is 1.04. The molecule has 0 aromatic carbocycles. The molecule has 66 valence electrons. The van der Waals surface area contributed by atoms with Crippen LogP contribution in [0.15, 0.2) is 0 Å². The van der Waals surface area contributed by atoms with E-state index in [2.05, 4.69) is 10.6 Å². The summed E-state index contributed by atoms with van der Waals surface area (Å²) in [4.78, 5) is 10.9. The van der Waals surface area contributed by atoms with Crippen LogP contribution < -0.4 is 10.6 Å². The summed E-state index contributed by atoms with van der Waals surface area (Å²) in [6, 6.07) is 0. The van der Waals surface area contributed by atoms with E-state index in [0.717, 1.165) is 19.5 Å². The molecular weight excluding hydrogens is 160 g/mol. The van der Waals surface area contributed by atoms with Crippen molar-refractivity contribution in [3.05, 3.63) is 0 Å². The normalized spacial score (nSPS) is 9.64. The quantitative estimate of drug-likeness (QED) is 0.563. The number of thioether (sulfide) groups is 1. The third-order valence-corrected chi connectivity index (χ3v) is 1.75. The van der Waals surface area contributed by atoms with Gasteiger partial charge in [-0.15, -0.1) is 0 Å². The van der Waals surface area contributed by atoms with Crippen LogP contribution >= 0.6 is 11.8 Å². The molecule has 1 amide bonds. The largest absolute Gasteiger partial charge is 0.355 e. The van der Waals surface area contributed by atoms with Crippen LogP contribution in [0.2, 0.25) is 0 Å². The van der Waals surface area contributed by atoms with Crippen molar-refractivity contribution < 1.29 is 4.79 Å². The highest BCUT2D eigenvalue weighted by Gasteiger charge is 1.96. The fourth-order valence-electron chi connectivity index (χ4n) is 0.675. The molecule has 0 aromatic rings. The Labute approximate surface area is 72.3 Å². The van der Waals surface area contributed by atoms with Gasteiger partial charge in [0.1, 0.15) is 0 Å². The highest BCUT2D eigenvalue weighted by Crippen LogP contribution is 1.88. The second-order valence-corrected chi connectivity index (χ2v) is 3.11. The van der Waals surface area contributed by atoms with E-state index in [1.807, 2.05) is 13.3 Å². The Hall–Kier alpha value is -0.220. The molecule has 0 aliphatic rings. The van der Waals surface area contributed by atoms with Gasteiger partial charge in [0.05, 0.1) is 5.75 Å².